The fraction of sp³-hybridized carbons (Fsp3) is 0.500. The summed E-state index contributed by atoms with van der Waals surface area (Å²) < 4.78 is 10.7. The van der Waals surface area contributed by atoms with Gasteiger partial charge in [0, 0.05) is 30.6 Å². The molecule has 0 radical (unpaired) electrons. The van der Waals surface area contributed by atoms with Crippen molar-refractivity contribution in [2.75, 3.05) is 18.5 Å². The van der Waals surface area contributed by atoms with E-state index in [1.807, 2.05) is 6.92 Å². The van der Waals surface area contributed by atoms with Gasteiger partial charge in [0.15, 0.2) is 0 Å². The first kappa shape index (κ1) is 16.3. The van der Waals surface area contributed by atoms with Crippen LogP contribution in [-0.4, -0.2) is 31.2 Å². The highest BCUT2D eigenvalue weighted by molar-refractivity contribution is 5.93. The van der Waals surface area contributed by atoms with Gasteiger partial charge in [0.1, 0.15) is 5.75 Å². The number of amides is 1. The monoisotopic (exact) mass is 306 g/mol. The van der Waals surface area contributed by atoms with E-state index in [1.54, 1.807) is 24.3 Å². The maximum atomic E-state index is 12.0. The van der Waals surface area contributed by atoms with Crippen LogP contribution in [0.5, 0.6) is 5.75 Å². The molecule has 1 saturated heterocycles. The molecule has 1 fully saturated rings. The Morgan fingerprint density at radius 3 is 2.68 bits per heavy atom. The molecule has 2 rings (SSSR count). The quantitative estimate of drug-likeness (QED) is 0.810. The minimum atomic E-state index is -1.24. The minimum absolute atomic E-state index is 0.153. The molecule has 0 aromatic heterocycles. The molecule has 120 valence electrons. The van der Waals surface area contributed by atoms with Crippen molar-refractivity contribution in [2.45, 2.75) is 32.3 Å². The van der Waals surface area contributed by atoms with Gasteiger partial charge in [-0.15, -0.1) is 0 Å². The summed E-state index contributed by atoms with van der Waals surface area (Å²) in [4.78, 5) is 23.2. The summed E-state index contributed by atoms with van der Waals surface area (Å²) >= 11 is 0. The summed E-state index contributed by atoms with van der Waals surface area (Å²) in [6.45, 7) is 3.00. The third-order valence-corrected chi connectivity index (χ3v) is 3.57. The van der Waals surface area contributed by atoms with Crippen molar-refractivity contribution in [2.24, 2.45) is 5.92 Å². The normalized spacial score (nSPS) is 18.7. The Balaban J connectivity index is 1.91. The Labute approximate surface area is 129 Å². The van der Waals surface area contributed by atoms with E-state index in [0.29, 0.717) is 31.1 Å². The smallest absolute Gasteiger partial charge is 0.225 e. The van der Waals surface area contributed by atoms with E-state index in [9.17, 15) is 14.7 Å². The van der Waals surface area contributed by atoms with E-state index < -0.39 is 18.0 Å². The Bertz CT molecular complexity index is 508. The fourth-order valence-electron chi connectivity index (χ4n) is 2.50. The number of carbonyl (C=O) groups excluding carboxylic acids is 2. The first-order valence-electron chi connectivity index (χ1n) is 7.45. The van der Waals surface area contributed by atoms with E-state index in [2.05, 4.69) is 5.32 Å². The van der Waals surface area contributed by atoms with Crippen molar-refractivity contribution in [1.29, 1.82) is 0 Å². The van der Waals surface area contributed by atoms with Crippen molar-refractivity contribution >= 4 is 17.6 Å². The van der Waals surface area contributed by atoms with Crippen molar-refractivity contribution in [3.05, 3.63) is 24.3 Å². The van der Waals surface area contributed by atoms with Crippen molar-refractivity contribution in [3.63, 3.8) is 0 Å². The summed E-state index contributed by atoms with van der Waals surface area (Å²) in [6, 6.07) is 6.91. The van der Waals surface area contributed by atoms with Crippen molar-refractivity contribution in [1.82, 2.24) is 0 Å². The van der Waals surface area contributed by atoms with E-state index in [4.69, 9.17) is 9.47 Å². The molecular formula is C16H20NO5-. The highest BCUT2D eigenvalue weighted by Gasteiger charge is 2.28. The fourth-order valence-corrected chi connectivity index (χ4v) is 2.50. The number of carboxylic acid groups (broad SMARTS) is 1. The Hall–Kier alpha value is -2.08. The molecule has 0 spiro atoms. The highest BCUT2D eigenvalue weighted by atomic mass is 16.5. The number of anilines is 1. The molecule has 1 heterocycles. The van der Waals surface area contributed by atoms with E-state index >= 15 is 0 Å². The molecule has 1 aliphatic heterocycles. The van der Waals surface area contributed by atoms with Gasteiger partial charge in [-0.25, -0.2) is 0 Å². The molecule has 0 bridgehead atoms. The van der Waals surface area contributed by atoms with Crippen LogP contribution in [0.1, 0.15) is 26.2 Å². The lowest BCUT2D eigenvalue weighted by atomic mass is 9.96. The van der Waals surface area contributed by atoms with Crippen molar-refractivity contribution in [3.8, 4) is 5.75 Å². The zero-order valence-corrected chi connectivity index (χ0v) is 12.5. The molecule has 1 amide bonds. The van der Waals surface area contributed by atoms with Gasteiger partial charge < -0.3 is 24.7 Å². The zero-order valence-electron chi connectivity index (χ0n) is 12.5. The Kier molecular flexibility index (Phi) is 5.77. The lowest BCUT2D eigenvalue weighted by Gasteiger charge is -2.23. The number of hydrogen-bond donors (Lipinski definition) is 1. The summed E-state index contributed by atoms with van der Waals surface area (Å²) in [6.07, 6.45) is 0.875. The zero-order chi connectivity index (χ0) is 15.9. The molecule has 0 unspecified atom stereocenters. The molecule has 0 saturated carbocycles. The van der Waals surface area contributed by atoms with Crippen LogP contribution in [0.4, 0.5) is 5.69 Å². The highest BCUT2D eigenvalue weighted by Crippen LogP contribution is 2.23. The number of nitrogens with one attached hydrogen (secondary N) is 1. The summed E-state index contributed by atoms with van der Waals surface area (Å²) in [5.41, 5.74) is 0.595. The SMILES string of the molecule is CCOc1ccc(NC(=O)C[C@H](C(=O)[O-])[C@@H]2CCCO2)cc1. The first-order valence-corrected chi connectivity index (χ1v) is 7.45. The standard InChI is InChI=1S/C16H21NO5/c1-2-21-12-7-5-11(6-8-12)17-15(18)10-13(16(19)20)14-4-3-9-22-14/h5-8,13-14H,2-4,9-10H2,1H3,(H,17,18)(H,19,20)/p-1/t13-,14-/m0/s1. The second kappa shape index (κ2) is 7.79. The molecule has 1 aromatic rings. The molecule has 6 heteroatoms. The number of rotatable bonds is 7. The molecule has 0 aliphatic carbocycles. The number of benzene rings is 1. The molecule has 1 aromatic carbocycles. The minimum Gasteiger partial charge on any atom is -0.550 e. The molecule has 1 aliphatic rings. The van der Waals surface area contributed by atoms with Gasteiger partial charge >= 0.3 is 0 Å². The molecule has 1 N–H and O–H groups in total. The number of carbonyl (C=O) groups is 2. The molecular weight excluding hydrogens is 286 g/mol. The molecule has 2 atom stereocenters. The lowest BCUT2D eigenvalue weighted by Crippen LogP contribution is -2.40. The van der Waals surface area contributed by atoms with Crippen LogP contribution in [0.2, 0.25) is 0 Å². The van der Waals surface area contributed by atoms with Crippen molar-refractivity contribution < 1.29 is 24.2 Å². The van der Waals surface area contributed by atoms with Gasteiger partial charge in [-0.1, -0.05) is 0 Å². The molecule has 22 heavy (non-hydrogen) atoms. The average Bonchev–Trinajstić information content (AvgIpc) is 3.01. The van der Waals surface area contributed by atoms with Crippen LogP contribution < -0.4 is 15.2 Å². The third kappa shape index (κ3) is 4.46. The second-order valence-electron chi connectivity index (χ2n) is 5.19. The summed E-state index contributed by atoms with van der Waals surface area (Å²) in [5.74, 6) is -1.81. The Morgan fingerprint density at radius 1 is 1.41 bits per heavy atom. The van der Waals surface area contributed by atoms with Gasteiger partial charge in [0.05, 0.1) is 12.7 Å². The van der Waals surface area contributed by atoms with Crippen LogP contribution in [0.25, 0.3) is 0 Å². The first-order chi connectivity index (χ1) is 10.6. The summed E-state index contributed by atoms with van der Waals surface area (Å²) in [5, 5.41) is 13.9. The topological polar surface area (TPSA) is 87.7 Å². The number of hydrogen-bond acceptors (Lipinski definition) is 5. The van der Waals surface area contributed by atoms with Crippen LogP contribution in [0.15, 0.2) is 24.3 Å². The third-order valence-electron chi connectivity index (χ3n) is 3.57. The molecule has 6 nitrogen and oxygen atoms in total. The summed E-state index contributed by atoms with van der Waals surface area (Å²) in [7, 11) is 0. The van der Waals surface area contributed by atoms with Crippen LogP contribution in [0.3, 0.4) is 0 Å². The van der Waals surface area contributed by atoms with Gasteiger partial charge in [0.25, 0.3) is 0 Å². The van der Waals surface area contributed by atoms with Gasteiger partial charge in [-0.2, -0.15) is 0 Å². The number of carboxylic acids is 1. The maximum absolute atomic E-state index is 12.0. The van der Waals surface area contributed by atoms with Gasteiger partial charge in [-0.05, 0) is 44.0 Å². The maximum Gasteiger partial charge on any atom is 0.225 e. The van der Waals surface area contributed by atoms with Gasteiger partial charge in [0.2, 0.25) is 5.91 Å². The second-order valence-corrected chi connectivity index (χ2v) is 5.19. The van der Waals surface area contributed by atoms with E-state index in [1.165, 1.54) is 0 Å². The Morgan fingerprint density at radius 2 is 2.14 bits per heavy atom. The largest absolute Gasteiger partial charge is 0.550 e. The predicted octanol–water partition coefficient (Wildman–Crippen LogP) is 0.959. The van der Waals surface area contributed by atoms with Crippen LogP contribution in [-0.2, 0) is 14.3 Å². The van der Waals surface area contributed by atoms with Crippen LogP contribution >= 0.6 is 0 Å². The van der Waals surface area contributed by atoms with E-state index in [-0.39, 0.29) is 12.3 Å². The van der Waals surface area contributed by atoms with Crippen LogP contribution in [0, 0.1) is 5.92 Å². The van der Waals surface area contributed by atoms with E-state index in [0.717, 1.165) is 6.42 Å². The van der Waals surface area contributed by atoms with Gasteiger partial charge in [-0.3, -0.25) is 4.79 Å². The predicted molar refractivity (Wildman–Crippen MR) is 78.3 cm³/mol. The number of aliphatic carboxylic acids is 1. The number of ether oxygens (including phenoxy) is 2. The lowest BCUT2D eigenvalue weighted by molar-refractivity contribution is -0.314. The average molecular weight is 306 g/mol.